The molecule has 1 aromatic carbocycles. The summed E-state index contributed by atoms with van der Waals surface area (Å²) in [4.78, 5) is 0. The largest absolute Gasteiger partial charge is 0.508 e. The lowest BCUT2D eigenvalue weighted by Crippen LogP contribution is -2.09. The van der Waals surface area contributed by atoms with Gasteiger partial charge in [0, 0.05) is 0 Å². The van der Waals surface area contributed by atoms with E-state index in [9.17, 15) is 18.3 Å². The van der Waals surface area contributed by atoms with Crippen LogP contribution in [0.2, 0.25) is 0 Å². The SMILES string of the molecule is Oc1cc(C2CCCCC2)cc(C(F)(F)F)c1. The number of aromatic hydroxyl groups is 1. The van der Waals surface area contributed by atoms with Gasteiger partial charge in [0.1, 0.15) is 5.75 Å². The summed E-state index contributed by atoms with van der Waals surface area (Å²) in [6.07, 6.45) is 0.717. The van der Waals surface area contributed by atoms with Crippen molar-refractivity contribution in [1.29, 1.82) is 0 Å². The van der Waals surface area contributed by atoms with E-state index in [4.69, 9.17) is 0 Å². The van der Waals surface area contributed by atoms with Crippen LogP contribution in [0, 0.1) is 0 Å². The summed E-state index contributed by atoms with van der Waals surface area (Å²) in [7, 11) is 0. The van der Waals surface area contributed by atoms with Crippen LogP contribution in [0.25, 0.3) is 0 Å². The van der Waals surface area contributed by atoms with Crippen LogP contribution in [-0.4, -0.2) is 5.11 Å². The van der Waals surface area contributed by atoms with E-state index < -0.39 is 11.7 Å². The second kappa shape index (κ2) is 4.59. The fourth-order valence-electron chi connectivity index (χ4n) is 2.47. The van der Waals surface area contributed by atoms with Gasteiger partial charge in [-0.25, -0.2) is 0 Å². The minimum Gasteiger partial charge on any atom is -0.508 e. The van der Waals surface area contributed by atoms with E-state index in [-0.39, 0.29) is 11.7 Å². The highest BCUT2D eigenvalue weighted by Crippen LogP contribution is 2.38. The quantitative estimate of drug-likeness (QED) is 0.773. The molecule has 1 fully saturated rings. The summed E-state index contributed by atoms with van der Waals surface area (Å²) in [5.41, 5.74) is -0.130. The fraction of sp³-hybridized carbons (Fsp3) is 0.538. The lowest BCUT2D eigenvalue weighted by atomic mass is 9.83. The number of rotatable bonds is 1. The van der Waals surface area contributed by atoms with E-state index in [0.717, 1.165) is 38.2 Å². The Hall–Kier alpha value is -1.19. The molecule has 0 heterocycles. The molecule has 0 unspecified atom stereocenters. The van der Waals surface area contributed by atoms with Gasteiger partial charge in [-0.3, -0.25) is 0 Å². The van der Waals surface area contributed by atoms with Crippen LogP contribution < -0.4 is 0 Å². The van der Waals surface area contributed by atoms with Crippen molar-refractivity contribution in [2.45, 2.75) is 44.2 Å². The van der Waals surface area contributed by atoms with Crippen molar-refractivity contribution in [3.05, 3.63) is 29.3 Å². The molecule has 0 radical (unpaired) electrons. The number of alkyl halides is 3. The van der Waals surface area contributed by atoms with E-state index in [0.29, 0.717) is 5.56 Å². The Morgan fingerprint density at radius 2 is 1.65 bits per heavy atom. The maximum absolute atomic E-state index is 12.6. The molecule has 0 spiro atoms. The Kier molecular flexibility index (Phi) is 3.31. The third kappa shape index (κ3) is 2.93. The molecule has 4 heteroatoms. The summed E-state index contributed by atoms with van der Waals surface area (Å²) >= 11 is 0. The van der Waals surface area contributed by atoms with Crippen molar-refractivity contribution in [2.75, 3.05) is 0 Å². The third-order valence-corrected chi connectivity index (χ3v) is 3.34. The average Bonchev–Trinajstić information content (AvgIpc) is 2.28. The maximum atomic E-state index is 12.6. The molecule has 94 valence electrons. The molecule has 0 amide bonds. The van der Waals surface area contributed by atoms with Gasteiger partial charge < -0.3 is 5.11 Å². The van der Waals surface area contributed by atoms with Crippen molar-refractivity contribution < 1.29 is 18.3 Å². The first kappa shape index (κ1) is 12.3. The topological polar surface area (TPSA) is 20.2 Å². The van der Waals surface area contributed by atoms with Crippen LogP contribution >= 0.6 is 0 Å². The Morgan fingerprint density at radius 1 is 1.00 bits per heavy atom. The van der Waals surface area contributed by atoms with Crippen molar-refractivity contribution >= 4 is 0 Å². The minimum atomic E-state index is -4.39. The van der Waals surface area contributed by atoms with Gasteiger partial charge in [0.2, 0.25) is 0 Å². The first-order valence-electron chi connectivity index (χ1n) is 5.88. The third-order valence-electron chi connectivity index (χ3n) is 3.34. The summed E-state index contributed by atoms with van der Waals surface area (Å²) in [5, 5.41) is 9.39. The van der Waals surface area contributed by atoms with Gasteiger partial charge in [-0.05, 0) is 42.5 Å². The Morgan fingerprint density at radius 3 is 2.24 bits per heavy atom. The highest BCUT2D eigenvalue weighted by Gasteiger charge is 2.32. The molecule has 1 aliphatic rings. The smallest absolute Gasteiger partial charge is 0.416 e. The predicted molar refractivity (Wildman–Crippen MR) is 58.9 cm³/mol. The van der Waals surface area contributed by atoms with Crippen LogP contribution in [-0.2, 0) is 6.18 Å². The molecule has 1 N–H and O–H groups in total. The number of hydrogen-bond acceptors (Lipinski definition) is 1. The highest BCUT2D eigenvalue weighted by atomic mass is 19.4. The number of benzene rings is 1. The number of phenolic OH excluding ortho intramolecular Hbond substituents is 1. The van der Waals surface area contributed by atoms with Crippen molar-refractivity contribution in [3.8, 4) is 5.75 Å². The molecule has 1 nitrogen and oxygen atoms in total. The summed E-state index contributed by atoms with van der Waals surface area (Å²) in [6, 6.07) is 3.42. The van der Waals surface area contributed by atoms with Crippen LogP contribution in [0.4, 0.5) is 13.2 Å². The predicted octanol–water partition coefficient (Wildman–Crippen LogP) is 4.46. The summed E-state index contributed by atoms with van der Waals surface area (Å²) < 4.78 is 37.8. The van der Waals surface area contributed by atoms with Gasteiger partial charge >= 0.3 is 6.18 Å². The molecule has 1 aromatic rings. The second-order valence-corrected chi connectivity index (χ2v) is 4.65. The lowest BCUT2D eigenvalue weighted by molar-refractivity contribution is -0.137. The van der Waals surface area contributed by atoms with Gasteiger partial charge in [-0.15, -0.1) is 0 Å². The van der Waals surface area contributed by atoms with E-state index in [1.165, 1.54) is 12.1 Å². The zero-order valence-corrected chi connectivity index (χ0v) is 9.43. The van der Waals surface area contributed by atoms with E-state index in [1.54, 1.807) is 0 Å². The van der Waals surface area contributed by atoms with Crippen LogP contribution in [0.5, 0.6) is 5.75 Å². The van der Waals surface area contributed by atoms with Gasteiger partial charge in [0.25, 0.3) is 0 Å². The first-order chi connectivity index (χ1) is 7.97. The van der Waals surface area contributed by atoms with Gasteiger partial charge in [-0.1, -0.05) is 19.3 Å². The Labute approximate surface area is 98.3 Å². The monoisotopic (exact) mass is 244 g/mol. The zero-order valence-electron chi connectivity index (χ0n) is 9.43. The molecule has 2 rings (SSSR count). The number of hydrogen-bond donors (Lipinski definition) is 1. The fourth-order valence-corrected chi connectivity index (χ4v) is 2.47. The lowest BCUT2D eigenvalue weighted by Gasteiger charge is -2.23. The summed E-state index contributed by atoms with van der Waals surface area (Å²) in [5.74, 6) is -0.127. The molecule has 0 atom stereocenters. The van der Waals surface area contributed by atoms with E-state index in [1.807, 2.05) is 0 Å². The van der Waals surface area contributed by atoms with Gasteiger partial charge in [0.05, 0.1) is 5.56 Å². The molecule has 0 aromatic heterocycles. The van der Waals surface area contributed by atoms with Crippen LogP contribution in [0.15, 0.2) is 18.2 Å². The van der Waals surface area contributed by atoms with Crippen molar-refractivity contribution in [2.24, 2.45) is 0 Å². The van der Waals surface area contributed by atoms with E-state index >= 15 is 0 Å². The Balaban J connectivity index is 2.31. The molecular formula is C13H15F3O. The molecule has 17 heavy (non-hydrogen) atoms. The Bertz CT molecular complexity index is 392. The van der Waals surface area contributed by atoms with Crippen LogP contribution in [0.1, 0.15) is 49.1 Å². The number of phenols is 1. The standard InChI is InChI=1S/C13H15F3O/c14-13(15,16)11-6-10(7-12(17)8-11)9-4-2-1-3-5-9/h6-9,17H,1-5H2. The molecule has 0 bridgehead atoms. The summed E-state index contributed by atoms with van der Waals surface area (Å²) in [6.45, 7) is 0. The minimum absolute atomic E-state index is 0.164. The average molecular weight is 244 g/mol. The molecular weight excluding hydrogens is 229 g/mol. The molecule has 1 saturated carbocycles. The van der Waals surface area contributed by atoms with Crippen molar-refractivity contribution in [1.82, 2.24) is 0 Å². The molecule has 0 saturated heterocycles. The molecule has 0 aliphatic heterocycles. The van der Waals surface area contributed by atoms with Crippen LogP contribution in [0.3, 0.4) is 0 Å². The van der Waals surface area contributed by atoms with Crippen molar-refractivity contribution in [3.63, 3.8) is 0 Å². The second-order valence-electron chi connectivity index (χ2n) is 4.65. The van der Waals surface area contributed by atoms with E-state index in [2.05, 4.69) is 0 Å². The normalized spacial score (nSPS) is 18.3. The first-order valence-corrected chi connectivity index (χ1v) is 5.88. The highest BCUT2D eigenvalue weighted by molar-refractivity contribution is 5.37. The molecule has 1 aliphatic carbocycles. The number of halogens is 3. The maximum Gasteiger partial charge on any atom is 0.416 e. The zero-order chi connectivity index (χ0) is 12.5. The van der Waals surface area contributed by atoms with Gasteiger partial charge in [0.15, 0.2) is 0 Å². The van der Waals surface area contributed by atoms with Gasteiger partial charge in [-0.2, -0.15) is 13.2 Å².